The average molecular weight is 316 g/mol. The van der Waals surface area contributed by atoms with Gasteiger partial charge in [0.15, 0.2) is 0 Å². The van der Waals surface area contributed by atoms with Gasteiger partial charge in [-0.15, -0.1) is 0 Å². The van der Waals surface area contributed by atoms with Crippen LogP contribution in [0.3, 0.4) is 0 Å². The fraction of sp³-hybridized carbons (Fsp3) is 0.556. The van der Waals surface area contributed by atoms with E-state index in [9.17, 15) is 0 Å². The van der Waals surface area contributed by atoms with E-state index in [1.807, 2.05) is 18.2 Å². The van der Waals surface area contributed by atoms with Gasteiger partial charge >= 0.3 is 0 Å². The number of furan rings is 1. The normalized spacial score (nSPS) is 24.9. The van der Waals surface area contributed by atoms with Gasteiger partial charge in [0, 0.05) is 24.5 Å². The number of benzene rings is 1. The van der Waals surface area contributed by atoms with Crippen molar-refractivity contribution < 1.29 is 13.9 Å². The van der Waals surface area contributed by atoms with Crippen LogP contribution in [0.1, 0.15) is 18.6 Å². The Bertz CT molecular complexity index is 669. The van der Waals surface area contributed by atoms with E-state index in [2.05, 4.69) is 16.3 Å². The lowest BCUT2D eigenvalue weighted by atomic mass is 10.2. The van der Waals surface area contributed by atoms with E-state index in [0.717, 1.165) is 48.7 Å². The van der Waals surface area contributed by atoms with Crippen molar-refractivity contribution in [2.75, 3.05) is 33.4 Å². The van der Waals surface area contributed by atoms with Gasteiger partial charge in [-0.2, -0.15) is 0 Å². The zero-order valence-electron chi connectivity index (χ0n) is 13.6. The molecule has 0 spiro atoms. The Labute approximate surface area is 136 Å². The molecule has 0 saturated carbocycles. The van der Waals surface area contributed by atoms with Gasteiger partial charge in [0.2, 0.25) is 0 Å². The van der Waals surface area contributed by atoms with E-state index in [0.29, 0.717) is 6.04 Å². The standard InChI is InChI=1S/C18H24N2O3/c1-21-15-4-5-18-13(7-15)8-16(23-18)9-19-10-17-11-20-6-2-3-14(20)12-22-17/h4-5,7-8,14,17,19H,2-3,6,9-12H2,1H3. The highest BCUT2D eigenvalue weighted by atomic mass is 16.5. The first-order chi connectivity index (χ1) is 11.3. The van der Waals surface area contributed by atoms with Gasteiger partial charge in [0.25, 0.3) is 0 Å². The Kier molecular flexibility index (Phi) is 4.25. The van der Waals surface area contributed by atoms with Gasteiger partial charge < -0.3 is 19.2 Å². The second-order valence-electron chi connectivity index (χ2n) is 6.49. The molecule has 1 aromatic heterocycles. The lowest BCUT2D eigenvalue weighted by Gasteiger charge is -2.35. The quantitative estimate of drug-likeness (QED) is 0.918. The molecule has 23 heavy (non-hydrogen) atoms. The zero-order chi connectivity index (χ0) is 15.6. The molecule has 2 saturated heterocycles. The third-order valence-corrected chi connectivity index (χ3v) is 4.91. The van der Waals surface area contributed by atoms with Crippen molar-refractivity contribution in [2.45, 2.75) is 31.5 Å². The molecule has 2 aliphatic rings. The SMILES string of the molecule is COc1ccc2oc(CNCC3CN4CCCC4CO3)cc2c1. The van der Waals surface area contributed by atoms with Crippen LogP contribution in [0.15, 0.2) is 28.7 Å². The van der Waals surface area contributed by atoms with Crippen molar-refractivity contribution in [2.24, 2.45) is 0 Å². The molecule has 0 bridgehead atoms. The molecular weight excluding hydrogens is 292 g/mol. The minimum Gasteiger partial charge on any atom is -0.497 e. The lowest BCUT2D eigenvalue weighted by molar-refractivity contribution is -0.0471. The minimum absolute atomic E-state index is 0.286. The van der Waals surface area contributed by atoms with Crippen molar-refractivity contribution in [3.63, 3.8) is 0 Å². The third-order valence-electron chi connectivity index (χ3n) is 4.91. The topological polar surface area (TPSA) is 46.9 Å². The minimum atomic E-state index is 0.286. The average Bonchev–Trinajstić information content (AvgIpc) is 3.19. The molecule has 5 heteroatoms. The first-order valence-corrected chi connectivity index (χ1v) is 8.44. The lowest BCUT2D eigenvalue weighted by Crippen LogP contribution is -2.49. The number of nitrogens with zero attached hydrogens (tertiary/aromatic N) is 1. The van der Waals surface area contributed by atoms with Crippen LogP contribution in [0.25, 0.3) is 11.0 Å². The smallest absolute Gasteiger partial charge is 0.134 e. The summed E-state index contributed by atoms with van der Waals surface area (Å²) < 4.78 is 17.1. The summed E-state index contributed by atoms with van der Waals surface area (Å²) in [5.74, 6) is 1.80. The van der Waals surface area contributed by atoms with Gasteiger partial charge in [-0.3, -0.25) is 4.90 Å². The Morgan fingerprint density at radius 3 is 3.22 bits per heavy atom. The fourth-order valence-corrected chi connectivity index (χ4v) is 3.66. The van der Waals surface area contributed by atoms with Crippen LogP contribution < -0.4 is 10.1 Å². The molecule has 0 amide bonds. The van der Waals surface area contributed by atoms with Gasteiger partial charge in [0.05, 0.1) is 26.4 Å². The van der Waals surface area contributed by atoms with E-state index in [-0.39, 0.29) is 6.10 Å². The Balaban J connectivity index is 1.31. The summed E-state index contributed by atoms with van der Waals surface area (Å²) in [4.78, 5) is 2.57. The second kappa shape index (κ2) is 6.51. The van der Waals surface area contributed by atoms with Gasteiger partial charge in [0.1, 0.15) is 17.1 Å². The van der Waals surface area contributed by atoms with Crippen LogP contribution in [-0.2, 0) is 11.3 Å². The maximum atomic E-state index is 5.97. The van der Waals surface area contributed by atoms with Crippen LogP contribution in [0, 0.1) is 0 Å². The molecule has 0 aliphatic carbocycles. The number of ether oxygens (including phenoxy) is 2. The van der Waals surface area contributed by atoms with Crippen molar-refractivity contribution in [1.29, 1.82) is 0 Å². The van der Waals surface area contributed by atoms with E-state index < -0.39 is 0 Å². The molecule has 124 valence electrons. The van der Waals surface area contributed by atoms with Crippen LogP contribution in [0.4, 0.5) is 0 Å². The van der Waals surface area contributed by atoms with Crippen LogP contribution >= 0.6 is 0 Å². The molecule has 5 nitrogen and oxygen atoms in total. The summed E-state index contributed by atoms with van der Waals surface area (Å²) >= 11 is 0. The maximum Gasteiger partial charge on any atom is 0.134 e. The van der Waals surface area contributed by atoms with Gasteiger partial charge in [-0.1, -0.05) is 0 Å². The van der Waals surface area contributed by atoms with E-state index in [1.54, 1.807) is 7.11 Å². The Hall–Kier alpha value is -1.56. The van der Waals surface area contributed by atoms with Gasteiger partial charge in [-0.25, -0.2) is 0 Å². The second-order valence-corrected chi connectivity index (χ2v) is 6.49. The summed E-state index contributed by atoms with van der Waals surface area (Å²) in [7, 11) is 1.68. The largest absolute Gasteiger partial charge is 0.497 e. The third kappa shape index (κ3) is 3.22. The number of methoxy groups -OCH3 is 1. The molecule has 2 unspecified atom stereocenters. The summed E-state index contributed by atoms with van der Waals surface area (Å²) in [6.45, 7) is 4.76. The van der Waals surface area contributed by atoms with Crippen LogP contribution in [0.5, 0.6) is 5.75 Å². The Morgan fingerprint density at radius 2 is 2.30 bits per heavy atom. The van der Waals surface area contributed by atoms with Crippen molar-refractivity contribution in [3.8, 4) is 5.75 Å². The molecule has 3 heterocycles. The molecule has 1 aromatic carbocycles. The number of morpholine rings is 1. The zero-order valence-corrected chi connectivity index (χ0v) is 13.6. The van der Waals surface area contributed by atoms with Crippen molar-refractivity contribution in [1.82, 2.24) is 10.2 Å². The number of hydrogen-bond acceptors (Lipinski definition) is 5. The highest BCUT2D eigenvalue weighted by Gasteiger charge is 2.31. The number of nitrogens with one attached hydrogen (secondary N) is 1. The van der Waals surface area contributed by atoms with E-state index >= 15 is 0 Å². The summed E-state index contributed by atoms with van der Waals surface area (Å²) in [5.41, 5.74) is 0.899. The fourth-order valence-electron chi connectivity index (χ4n) is 3.66. The van der Waals surface area contributed by atoms with Crippen LogP contribution in [0.2, 0.25) is 0 Å². The summed E-state index contributed by atoms with van der Waals surface area (Å²) in [5, 5.41) is 4.54. The Morgan fingerprint density at radius 1 is 1.35 bits per heavy atom. The molecule has 2 aromatic rings. The number of rotatable bonds is 5. The van der Waals surface area contributed by atoms with Gasteiger partial charge in [-0.05, 0) is 43.7 Å². The molecular formula is C18H24N2O3. The molecule has 2 atom stereocenters. The van der Waals surface area contributed by atoms with E-state index in [4.69, 9.17) is 13.9 Å². The molecule has 0 radical (unpaired) electrons. The maximum absolute atomic E-state index is 5.97. The number of hydrogen-bond donors (Lipinski definition) is 1. The highest BCUT2D eigenvalue weighted by molar-refractivity contribution is 5.79. The summed E-state index contributed by atoms with van der Waals surface area (Å²) in [6, 6.07) is 8.61. The molecule has 2 fully saturated rings. The van der Waals surface area contributed by atoms with Crippen molar-refractivity contribution in [3.05, 3.63) is 30.0 Å². The summed E-state index contributed by atoms with van der Waals surface area (Å²) in [6.07, 6.45) is 2.90. The number of fused-ring (bicyclic) bond motifs is 2. The predicted molar refractivity (Wildman–Crippen MR) is 88.8 cm³/mol. The van der Waals surface area contributed by atoms with Crippen molar-refractivity contribution >= 4 is 11.0 Å². The first kappa shape index (κ1) is 15.0. The molecule has 2 aliphatic heterocycles. The monoisotopic (exact) mass is 316 g/mol. The predicted octanol–water partition coefficient (Wildman–Crippen LogP) is 2.39. The molecule has 1 N–H and O–H groups in total. The highest BCUT2D eigenvalue weighted by Crippen LogP contribution is 2.24. The van der Waals surface area contributed by atoms with E-state index in [1.165, 1.54) is 19.4 Å². The van der Waals surface area contributed by atoms with Crippen LogP contribution in [-0.4, -0.2) is 50.4 Å². The first-order valence-electron chi connectivity index (χ1n) is 8.44. The molecule has 4 rings (SSSR count).